The first-order valence-electron chi connectivity index (χ1n) is 8.99. The second-order valence-corrected chi connectivity index (χ2v) is 8.11. The number of aromatic carboxylic acids is 1. The SMILES string of the molecule is COc1cc(CNc2cc(C(=O)O)ccc2Cl)c(Br)cc1OCc1c(F)cccc1Cl. The molecule has 162 valence electrons. The van der Waals surface area contributed by atoms with Crippen LogP contribution in [-0.4, -0.2) is 18.2 Å². The molecule has 3 aromatic carbocycles. The fourth-order valence-electron chi connectivity index (χ4n) is 2.79. The first kappa shape index (κ1) is 23.2. The molecule has 2 N–H and O–H groups in total. The van der Waals surface area contributed by atoms with Gasteiger partial charge in [-0.1, -0.05) is 45.2 Å². The molecule has 9 heteroatoms. The maximum absolute atomic E-state index is 14.0. The number of benzene rings is 3. The quantitative estimate of drug-likeness (QED) is 0.337. The number of anilines is 1. The molecule has 0 amide bonds. The van der Waals surface area contributed by atoms with E-state index in [9.17, 15) is 9.18 Å². The van der Waals surface area contributed by atoms with Gasteiger partial charge >= 0.3 is 5.97 Å². The number of nitrogens with one attached hydrogen (secondary N) is 1. The van der Waals surface area contributed by atoms with Crippen molar-refractivity contribution in [1.29, 1.82) is 0 Å². The van der Waals surface area contributed by atoms with E-state index in [1.54, 1.807) is 18.2 Å². The van der Waals surface area contributed by atoms with E-state index in [2.05, 4.69) is 21.2 Å². The Bertz CT molecular complexity index is 1110. The molecule has 0 aliphatic heterocycles. The monoisotopic (exact) mass is 527 g/mol. The Balaban J connectivity index is 1.78. The highest BCUT2D eigenvalue weighted by atomic mass is 79.9. The second-order valence-electron chi connectivity index (χ2n) is 6.44. The summed E-state index contributed by atoms with van der Waals surface area (Å²) in [6, 6.07) is 12.3. The summed E-state index contributed by atoms with van der Waals surface area (Å²) in [5.41, 5.74) is 1.67. The molecule has 0 spiro atoms. The van der Waals surface area contributed by atoms with Crippen LogP contribution in [0.5, 0.6) is 11.5 Å². The van der Waals surface area contributed by atoms with Crippen LogP contribution in [0.1, 0.15) is 21.5 Å². The number of rotatable bonds is 8. The molecular weight excluding hydrogens is 512 g/mol. The summed E-state index contributed by atoms with van der Waals surface area (Å²) in [6.45, 7) is 0.267. The van der Waals surface area contributed by atoms with E-state index in [1.807, 2.05) is 0 Å². The minimum atomic E-state index is -1.04. The summed E-state index contributed by atoms with van der Waals surface area (Å²) in [5.74, 6) is -0.646. The lowest BCUT2D eigenvalue weighted by atomic mass is 10.1. The molecule has 5 nitrogen and oxygen atoms in total. The number of carbonyl (C=O) groups is 1. The third-order valence-corrected chi connectivity index (χ3v) is 5.87. The van der Waals surface area contributed by atoms with Crippen LogP contribution < -0.4 is 14.8 Å². The lowest BCUT2D eigenvalue weighted by Gasteiger charge is -2.16. The highest BCUT2D eigenvalue weighted by Crippen LogP contribution is 2.35. The predicted molar refractivity (Wildman–Crippen MR) is 122 cm³/mol. The van der Waals surface area contributed by atoms with E-state index in [4.69, 9.17) is 37.8 Å². The van der Waals surface area contributed by atoms with Gasteiger partial charge in [0.05, 0.1) is 28.4 Å². The minimum absolute atomic E-state index is 0.0660. The minimum Gasteiger partial charge on any atom is -0.493 e. The van der Waals surface area contributed by atoms with Gasteiger partial charge in [-0.05, 0) is 48.0 Å². The Morgan fingerprint density at radius 2 is 1.90 bits per heavy atom. The average Bonchev–Trinajstić information content (AvgIpc) is 2.73. The molecule has 31 heavy (non-hydrogen) atoms. The fraction of sp³-hybridized carbons (Fsp3) is 0.136. The molecule has 0 aliphatic carbocycles. The van der Waals surface area contributed by atoms with Crippen LogP contribution in [0.2, 0.25) is 10.0 Å². The zero-order valence-electron chi connectivity index (χ0n) is 16.2. The van der Waals surface area contributed by atoms with Crippen molar-refractivity contribution in [2.45, 2.75) is 13.2 Å². The topological polar surface area (TPSA) is 67.8 Å². The molecule has 0 saturated carbocycles. The van der Waals surface area contributed by atoms with Crippen molar-refractivity contribution in [3.63, 3.8) is 0 Å². The molecule has 3 aromatic rings. The van der Waals surface area contributed by atoms with Gasteiger partial charge in [0, 0.05) is 16.6 Å². The summed E-state index contributed by atoms with van der Waals surface area (Å²) in [5, 5.41) is 13.0. The van der Waals surface area contributed by atoms with Crippen LogP contribution in [-0.2, 0) is 13.2 Å². The Morgan fingerprint density at radius 1 is 1.13 bits per heavy atom. The van der Waals surface area contributed by atoms with Crippen molar-refractivity contribution in [1.82, 2.24) is 0 Å². The van der Waals surface area contributed by atoms with Gasteiger partial charge < -0.3 is 19.9 Å². The third-order valence-electron chi connectivity index (χ3n) is 4.45. The Hall–Kier alpha value is -2.48. The highest BCUT2D eigenvalue weighted by molar-refractivity contribution is 9.10. The van der Waals surface area contributed by atoms with E-state index < -0.39 is 11.8 Å². The maximum Gasteiger partial charge on any atom is 0.335 e. The van der Waals surface area contributed by atoms with Crippen molar-refractivity contribution < 1.29 is 23.8 Å². The molecule has 0 aromatic heterocycles. The lowest BCUT2D eigenvalue weighted by Crippen LogP contribution is -2.05. The van der Waals surface area contributed by atoms with Gasteiger partial charge in [-0.25, -0.2) is 9.18 Å². The molecule has 3 rings (SSSR count). The third kappa shape index (κ3) is 5.61. The van der Waals surface area contributed by atoms with E-state index in [-0.39, 0.29) is 22.8 Å². The van der Waals surface area contributed by atoms with Gasteiger partial charge in [-0.15, -0.1) is 0 Å². The summed E-state index contributed by atoms with van der Waals surface area (Å²) in [6.07, 6.45) is 0. The second kappa shape index (κ2) is 10.2. The summed E-state index contributed by atoms with van der Waals surface area (Å²) >= 11 is 15.7. The number of halogens is 4. The van der Waals surface area contributed by atoms with Gasteiger partial charge in [0.1, 0.15) is 12.4 Å². The van der Waals surface area contributed by atoms with Crippen LogP contribution in [0.3, 0.4) is 0 Å². The highest BCUT2D eigenvalue weighted by Gasteiger charge is 2.14. The zero-order valence-corrected chi connectivity index (χ0v) is 19.3. The number of hydrogen-bond donors (Lipinski definition) is 2. The standard InChI is InChI=1S/C22H17BrCl2FNO4/c1-30-20-8-13(10-27-19-7-12(22(28)29)5-6-17(19)25)15(23)9-21(20)31-11-14-16(24)3-2-4-18(14)26/h2-9,27H,10-11H2,1H3,(H,28,29). The maximum atomic E-state index is 14.0. The van der Waals surface area contributed by atoms with Crippen LogP contribution in [0.15, 0.2) is 53.0 Å². The molecule has 0 saturated heterocycles. The predicted octanol–water partition coefficient (Wildman–Crippen LogP) is 6.79. The van der Waals surface area contributed by atoms with Crippen molar-refractivity contribution >= 4 is 50.8 Å². The Morgan fingerprint density at radius 3 is 2.58 bits per heavy atom. The first-order chi connectivity index (χ1) is 14.8. The van der Waals surface area contributed by atoms with Crippen molar-refractivity contribution in [3.05, 3.63) is 85.6 Å². The van der Waals surface area contributed by atoms with Gasteiger partial charge in [0.15, 0.2) is 11.5 Å². The molecule has 0 heterocycles. The molecule has 0 aliphatic rings. The van der Waals surface area contributed by atoms with E-state index >= 15 is 0 Å². The molecule has 0 radical (unpaired) electrons. The molecule has 0 unspecified atom stereocenters. The first-order valence-corrected chi connectivity index (χ1v) is 10.5. The molecule has 0 fully saturated rings. The lowest BCUT2D eigenvalue weighted by molar-refractivity contribution is 0.0697. The largest absolute Gasteiger partial charge is 0.493 e. The van der Waals surface area contributed by atoms with E-state index in [0.717, 1.165) is 5.56 Å². The molecule has 0 bridgehead atoms. The van der Waals surface area contributed by atoms with Crippen molar-refractivity contribution in [2.24, 2.45) is 0 Å². The van der Waals surface area contributed by atoms with Gasteiger partial charge in [0.25, 0.3) is 0 Å². The Labute approximate surface area is 196 Å². The van der Waals surface area contributed by atoms with E-state index in [0.29, 0.717) is 33.2 Å². The van der Waals surface area contributed by atoms with Crippen LogP contribution in [0, 0.1) is 5.82 Å². The number of carboxylic acid groups (broad SMARTS) is 1. The van der Waals surface area contributed by atoms with Crippen LogP contribution in [0.4, 0.5) is 10.1 Å². The smallest absolute Gasteiger partial charge is 0.335 e. The van der Waals surface area contributed by atoms with Crippen molar-refractivity contribution in [3.8, 4) is 11.5 Å². The summed E-state index contributed by atoms with van der Waals surface area (Å²) in [7, 11) is 1.50. The van der Waals surface area contributed by atoms with Crippen molar-refractivity contribution in [2.75, 3.05) is 12.4 Å². The van der Waals surface area contributed by atoms with E-state index in [1.165, 1.54) is 37.4 Å². The van der Waals surface area contributed by atoms with Gasteiger partial charge in [0.2, 0.25) is 0 Å². The van der Waals surface area contributed by atoms with Crippen LogP contribution >= 0.6 is 39.1 Å². The number of carboxylic acids is 1. The number of ether oxygens (including phenoxy) is 2. The van der Waals surface area contributed by atoms with Gasteiger partial charge in [-0.3, -0.25) is 0 Å². The van der Waals surface area contributed by atoms with Crippen LogP contribution in [0.25, 0.3) is 0 Å². The summed E-state index contributed by atoms with van der Waals surface area (Å²) < 4.78 is 25.9. The number of hydrogen-bond acceptors (Lipinski definition) is 4. The number of methoxy groups -OCH3 is 1. The average molecular weight is 529 g/mol. The molecule has 0 atom stereocenters. The normalized spacial score (nSPS) is 10.6. The fourth-order valence-corrected chi connectivity index (χ4v) is 3.65. The zero-order chi connectivity index (χ0) is 22.5. The summed E-state index contributed by atoms with van der Waals surface area (Å²) in [4.78, 5) is 11.2. The van der Waals surface area contributed by atoms with Gasteiger partial charge in [-0.2, -0.15) is 0 Å². The molecular formula is C22H17BrCl2FNO4. The Kier molecular flexibility index (Phi) is 7.64.